The highest BCUT2D eigenvalue weighted by atomic mass is 32.2. The lowest BCUT2D eigenvalue weighted by molar-refractivity contribution is -0.149. The van der Waals surface area contributed by atoms with Gasteiger partial charge >= 0.3 is 19.4 Å². The molecule has 6 atom stereocenters. The molecule has 1 aromatic carbocycles. The summed E-state index contributed by atoms with van der Waals surface area (Å²) < 4.78 is 36.9. The second-order valence-corrected chi connectivity index (χ2v) is 12.3. The van der Waals surface area contributed by atoms with Gasteiger partial charge in [-0.05, 0) is 51.1 Å². The molecular weight excluding hydrogens is 523 g/mol. The van der Waals surface area contributed by atoms with Crippen molar-refractivity contribution in [1.82, 2.24) is 14.6 Å². The third kappa shape index (κ3) is 6.02. The van der Waals surface area contributed by atoms with Gasteiger partial charge in [-0.2, -0.15) is 10.1 Å². The van der Waals surface area contributed by atoms with Crippen LogP contribution in [0.2, 0.25) is 0 Å². The molecule has 37 heavy (non-hydrogen) atoms. The van der Waals surface area contributed by atoms with E-state index in [0.717, 1.165) is 5.75 Å². The van der Waals surface area contributed by atoms with E-state index in [0.29, 0.717) is 6.42 Å². The monoisotopic (exact) mass is 554 g/mol. The van der Waals surface area contributed by atoms with Crippen LogP contribution in [0.25, 0.3) is 0 Å². The first-order valence-electron chi connectivity index (χ1n) is 11.8. The molecule has 12 nitrogen and oxygen atoms in total. The van der Waals surface area contributed by atoms with Crippen molar-refractivity contribution in [1.29, 1.82) is 0 Å². The quantitative estimate of drug-likeness (QED) is 0.290. The van der Waals surface area contributed by atoms with Gasteiger partial charge in [0.05, 0.1) is 17.5 Å². The zero-order valence-electron chi connectivity index (χ0n) is 20.7. The van der Waals surface area contributed by atoms with Crippen LogP contribution < -0.4 is 21.0 Å². The number of aliphatic hydroxyl groups excluding tert-OH is 1. The van der Waals surface area contributed by atoms with E-state index in [1.807, 2.05) is 0 Å². The fourth-order valence-corrected chi connectivity index (χ4v) is 6.94. The molecule has 2 unspecified atom stereocenters. The van der Waals surface area contributed by atoms with Crippen molar-refractivity contribution >= 4 is 31.3 Å². The predicted molar refractivity (Wildman–Crippen MR) is 137 cm³/mol. The summed E-state index contributed by atoms with van der Waals surface area (Å²) in [6.45, 7) is 4.53. The van der Waals surface area contributed by atoms with Gasteiger partial charge in [-0.3, -0.25) is 13.9 Å². The molecule has 4 rings (SSSR count). The van der Waals surface area contributed by atoms with Gasteiger partial charge in [0.2, 0.25) is 0 Å². The van der Waals surface area contributed by atoms with Crippen molar-refractivity contribution in [3.05, 3.63) is 53.1 Å². The number of para-hydroxylation sites is 1. The Morgan fingerprint density at radius 3 is 2.65 bits per heavy atom. The minimum Gasteiger partial charge on any atom is -0.462 e. The van der Waals surface area contributed by atoms with Crippen LogP contribution >= 0.6 is 19.5 Å². The Morgan fingerprint density at radius 2 is 2.05 bits per heavy atom. The van der Waals surface area contributed by atoms with Crippen LogP contribution in [-0.2, 0) is 23.4 Å². The molecular formula is C23H31N4O8PS. The van der Waals surface area contributed by atoms with E-state index in [-0.39, 0.29) is 24.3 Å². The maximum atomic E-state index is 13.7. The number of anilines is 1. The van der Waals surface area contributed by atoms with Gasteiger partial charge in [-0.25, -0.2) is 9.36 Å². The zero-order chi connectivity index (χ0) is 26.8. The van der Waals surface area contributed by atoms with Gasteiger partial charge in [0.25, 0.3) is 0 Å². The number of nitrogens with two attached hydrogens (primary N) is 1. The van der Waals surface area contributed by atoms with Crippen LogP contribution in [0.3, 0.4) is 0 Å². The Balaban J connectivity index is 1.53. The summed E-state index contributed by atoms with van der Waals surface area (Å²) in [5.41, 5.74) is 5.01. The summed E-state index contributed by atoms with van der Waals surface area (Å²) in [5, 5.41) is 13.8. The van der Waals surface area contributed by atoms with Crippen LogP contribution in [0.1, 0.15) is 33.4 Å². The Labute approximate surface area is 218 Å². The molecule has 0 bridgehead atoms. The van der Waals surface area contributed by atoms with Gasteiger partial charge in [-0.15, -0.1) is 11.8 Å². The second kappa shape index (κ2) is 11.1. The molecule has 2 fully saturated rings. The fourth-order valence-electron chi connectivity index (χ4n) is 4.12. The SMILES string of the molecule is CC(C)OC(=O)[C@H](C)NP(=O)(OCC1O[C@@H](n2ccc(N)nc2=O)[C@@]2(CCS2)[C@@H]1O)Oc1ccccc1. The molecule has 2 aliphatic heterocycles. The lowest BCUT2D eigenvalue weighted by Gasteiger charge is -2.43. The first kappa shape index (κ1) is 27.6. The number of thioether (sulfide) groups is 1. The van der Waals surface area contributed by atoms with E-state index in [9.17, 15) is 19.3 Å². The number of nitrogen functional groups attached to an aromatic ring is 1. The zero-order valence-corrected chi connectivity index (χ0v) is 22.4. The average molecular weight is 555 g/mol. The Kier molecular flexibility index (Phi) is 8.32. The lowest BCUT2D eigenvalue weighted by Crippen LogP contribution is -2.51. The largest absolute Gasteiger partial charge is 0.462 e. The normalized spacial score (nSPS) is 27.4. The number of hydrogen-bond donors (Lipinski definition) is 3. The molecule has 2 aromatic rings. The summed E-state index contributed by atoms with van der Waals surface area (Å²) in [6.07, 6.45) is -1.14. The number of aromatic nitrogens is 2. The van der Waals surface area contributed by atoms with Crippen molar-refractivity contribution in [2.24, 2.45) is 0 Å². The molecule has 3 heterocycles. The third-order valence-electron chi connectivity index (χ3n) is 5.98. The van der Waals surface area contributed by atoms with Crippen molar-refractivity contribution in [2.75, 3.05) is 18.1 Å². The highest BCUT2D eigenvalue weighted by Crippen LogP contribution is 2.57. The van der Waals surface area contributed by atoms with Gasteiger partial charge < -0.3 is 24.8 Å². The van der Waals surface area contributed by atoms with E-state index >= 15 is 0 Å². The first-order chi connectivity index (χ1) is 17.5. The average Bonchev–Trinajstić information content (AvgIpc) is 3.10. The highest BCUT2D eigenvalue weighted by Gasteiger charge is 2.61. The van der Waals surface area contributed by atoms with Gasteiger partial charge in [0, 0.05) is 6.20 Å². The number of esters is 1. The van der Waals surface area contributed by atoms with E-state index in [1.165, 1.54) is 35.5 Å². The van der Waals surface area contributed by atoms with E-state index in [1.54, 1.807) is 44.2 Å². The number of ether oxygens (including phenoxy) is 2. The number of carbonyl (C=O) groups excluding carboxylic acids is 1. The standard InChI is InChI=1S/C23H31N4O8PS/c1-14(2)33-20(29)15(3)26-36(31,35-16-7-5-4-6-8-16)32-13-17-19(28)23(10-12-37-23)21(34-17)27-11-9-18(24)25-22(27)30/h4-9,11,14-15,17,19,21,28H,10,12-13H2,1-3H3,(H,26,31)(H2,24,25,30)/t15-,17?,19+,21+,23+,36?/m0/s1. The predicted octanol–water partition coefficient (Wildman–Crippen LogP) is 2.09. The molecule has 2 saturated heterocycles. The van der Waals surface area contributed by atoms with Crippen LogP contribution in [0, 0.1) is 0 Å². The van der Waals surface area contributed by atoms with Gasteiger partial charge in [-0.1, -0.05) is 18.2 Å². The second-order valence-electron chi connectivity index (χ2n) is 9.10. The van der Waals surface area contributed by atoms with Crippen LogP contribution in [0.5, 0.6) is 5.75 Å². The fraction of sp³-hybridized carbons (Fsp3) is 0.522. The van der Waals surface area contributed by atoms with Crippen molar-refractivity contribution in [2.45, 2.75) is 62.5 Å². The number of rotatable bonds is 10. The topological polar surface area (TPSA) is 164 Å². The molecule has 14 heteroatoms. The number of benzene rings is 1. The van der Waals surface area contributed by atoms with Crippen LogP contribution in [0.15, 0.2) is 47.4 Å². The molecule has 0 aliphatic carbocycles. The first-order valence-corrected chi connectivity index (χ1v) is 14.4. The Hall–Kier alpha value is -2.41. The number of carbonyl (C=O) groups is 1. The summed E-state index contributed by atoms with van der Waals surface area (Å²) in [4.78, 5) is 28.6. The van der Waals surface area contributed by atoms with Crippen LogP contribution in [0.4, 0.5) is 5.82 Å². The molecule has 2 aliphatic rings. The molecule has 4 N–H and O–H groups in total. The van der Waals surface area contributed by atoms with Gasteiger partial charge in [0.1, 0.15) is 29.8 Å². The minimum atomic E-state index is -4.16. The minimum absolute atomic E-state index is 0.0742. The summed E-state index contributed by atoms with van der Waals surface area (Å²) >= 11 is 1.47. The smallest absolute Gasteiger partial charge is 0.459 e. The highest BCUT2D eigenvalue weighted by molar-refractivity contribution is 8.02. The maximum absolute atomic E-state index is 13.7. The van der Waals surface area contributed by atoms with E-state index in [4.69, 9.17) is 24.3 Å². The maximum Gasteiger partial charge on any atom is 0.459 e. The van der Waals surface area contributed by atoms with Crippen molar-refractivity contribution in [3.63, 3.8) is 0 Å². The van der Waals surface area contributed by atoms with E-state index < -0.39 is 48.6 Å². The number of nitrogens with zero attached hydrogens (tertiary/aromatic N) is 2. The lowest BCUT2D eigenvalue weighted by atomic mass is 9.94. The van der Waals surface area contributed by atoms with E-state index in [2.05, 4.69) is 10.1 Å². The molecule has 0 saturated carbocycles. The molecule has 202 valence electrons. The molecule has 0 amide bonds. The molecule has 1 aromatic heterocycles. The van der Waals surface area contributed by atoms with Crippen molar-refractivity contribution < 1.29 is 33.0 Å². The van der Waals surface area contributed by atoms with Gasteiger partial charge in [0.15, 0.2) is 6.23 Å². The molecule has 1 spiro atoms. The number of aliphatic hydroxyl groups is 1. The number of hydrogen-bond acceptors (Lipinski definition) is 11. The summed E-state index contributed by atoms with van der Waals surface area (Å²) in [7, 11) is -4.16. The third-order valence-corrected chi connectivity index (χ3v) is 9.21. The number of nitrogens with one attached hydrogen (secondary N) is 1. The van der Waals surface area contributed by atoms with Crippen molar-refractivity contribution in [3.8, 4) is 5.75 Å². The summed E-state index contributed by atoms with van der Waals surface area (Å²) in [6, 6.07) is 8.79. The summed E-state index contributed by atoms with van der Waals surface area (Å²) in [5.74, 6) is 0.464. The Morgan fingerprint density at radius 1 is 1.35 bits per heavy atom. The Bertz CT molecular complexity index is 1210. The van der Waals surface area contributed by atoms with Crippen LogP contribution in [-0.4, -0.2) is 62.1 Å². The molecule has 0 radical (unpaired) electrons.